The third-order valence-electron chi connectivity index (χ3n) is 2.96. The first-order chi connectivity index (χ1) is 8.57. The molecule has 1 aromatic heterocycles. The molecule has 1 unspecified atom stereocenters. The summed E-state index contributed by atoms with van der Waals surface area (Å²) in [5, 5.41) is 0. The molecule has 1 saturated heterocycles. The van der Waals surface area contributed by atoms with Crippen LogP contribution in [0.15, 0.2) is 23.2 Å². The predicted octanol–water partition coefficient (Wildman–Crippen LogP) is -0.223. The standard InChI is InChI=1S/C10H16N4O3S/c1-17-8-4-5-14(7-8)18(15,16)9-2-3-10(13-11)12-6-9/h2-3,6,8H,4-5,7,11H2,1H3,(H,12,13). The van der Waals surface area contributed by atoms with Crippen molar-refractivity contribution in [3.05, 3.63) is 18.3 Å². The van der Waals surface area contributed by atoms with Gasteiger partial charge in [-0.05, 0) is 18.6 Å². The lowest BCUT2D eigenvalue weighted by atomic mass is 10.3. The van der Waals surface area contributed by atoms with Crippen LogP contribution in [-0.2, 0) is 14.8 Å². The first-order valence-electron chi connectivity index (χ1n) is 5.53. The zero-order valence-corrected chi connectivity index (χ0v) is 10.9. The van der Waals surface area contributed by atoms with Crippen LogP contribution < -0.4 is 11.3 Å². The molecular formula is C10H16N4O3S. The number of nitrogens with one attached hydrogen (secondary N) is 1. The van der Waals surface area contributed by atoms with E-state index in [4.69, 9.17) is 10.6 Å². The number of methoxy groups -OCH3 is 1. The molecule has 0 aliphatic carbocycles. The van der Waals surface area contributed by atoms with Gasteiger partial charge in [-0.2, -0.15) is 4.31 Å². The van der Waals surface area contributed by atoms with Gasteiger partial charge in [-0.15, -0.1) is 0 Å². The zero-order valence-electron chi connectivity index (χ0n) is 10.0. The van der Waals surface area contributed by atoms with Crippen LogP contribution >= 0.6 is 0 Å². The van der Waals surface area contributed by atoms with E-state index in [0.29, 0.717) is 25.3 Å². The molecule has 2 rings (SSSR count). The van der Waals surface area contributed by atoms with Crippen LogP contribution in [0.3, 0.4) is 0 Å². The van der Waals surface area contributed by atoms with Crippen molar-refractivity contribution in [3.8, 4) is 0 Å². The molecule has 1 aromatic rings. The molecule has 3 N–H and O–H groups in total. The number of pyridine rings is 1. The largest absolute Gasteiger partial charge is 0.380 e. The van der Waals surface area contributed by atoms with Gasteiger partial charge >= 0.3 is 0 Å². The summed E-state index contributed by atoms with van der Waals surface area (Å²) in [6.07, 6.45) is 1.98. The van der Waals surface area contributed by atoms with Gasteiger partial charge < -0.3 is 10.2 Å². The SMILES string of the molecule is COC1CCN(S(=O)(=O)c2ccc(NN)nc2)C1. The molecule has 2 heterocycles. The number of hydrazine groups is 1. The summed E-state index contributed by atoms with van der Waals surface area (Å²) in [7, 11) is -1.90. The van der Waals surface area contributed by atoms with E-state index >= 15 is 0 Å². The van der Waals surface area contributed by atoms with E-state index in [1.54, 1.807) is 7.11 Å². The minimum Gasteiger partial charge on any atom is -0.380 e. The first kappa shape index (κ1) is 13.2. The van der Waals surface area contributed by atoms with Crippen LogP contribution in [0.5, 0.6) is 0 Å². The van der Waals surface area contributed by atoms with Gasteiger partial charge in [0, 0.05) is 26.4 Å². The highest BCUT2D eigenvalue weighted by Gasteiger charge is 2.32. The second-order valence-electron chi connectivity index (χ2n) is 4.03. The van der Waals surface area contributed by atoms with E-state index in [0.717, 1.165) is 0 Å². The molecule has 1 atom stereocenters. The molecule has 0 bridgehead atoms. The van der Waals surface area contributed by atoms with Gasteiger partial charge in [0.05, 0.1) is 6.10 Å². The Labute approximate surface area is 106 Å². The maximum Gasteiger partial charge on any atom is 0.244 e. The summed E-state index contributed by atoms with van der Waals surface area (Å²) in [5.41, 5.74) is 2.35. The molecule has 1 aliphatic rings. The van der Waals surface area contributed by atoms with Crippen LogP contribution in [0, 0.1) is 0 Å². The number of hydrogen-bond acceptors (Lipinski definition) is 6. The second kappa shape index (κ2) is 5.19. The third kappa shape index (κ3) is 2.46. The van der Waals surface area contributed by atoms with Gasteiger partial charge in [-0.1, -0.05) is 0 Å². The minimum absolute atomic E-state index is 0.0299. The second-order valence-corrected chi connectivity index (χ2v) is 5.97. The van der Waals surface area contributed by atoms with E-state index in [2.05, 4.69) is 10.4 Å². The quantitative estimate of drug-likeness (QED) is 0.581. The van der Waals surface area contributed by atoms with Crippen molar-refractivity contribution in [1.82, 2.24) is 9.29 Å². The predicted molar refractivity (Wildman–Crippen MR) is 66.2 cm³/mol. The topological polar surface area (TPSA) is 97.5 Å². The van der Waals surface area contributed by atoms with Crippen molar-refractivity contribution in [2.24, 2.45) is 5.84 Å². The average Bonchev–Trinajstić information content (AvgIpc) is 2.88. The lowest BCUT2D eigenvalue weighted by Gasteiger charge is -2.16. The Morgan fingerprint density at radius 2 is 2.33 bits per heavy atom. The molecule has 0 radical (unpaired) electrons. The molecular weight excluding hydrogens is 256 g/mol. The normalized spacial score (nSPS) is 21.1. The van der Waals surface area contributed by atoms with Crippen LogP contribution in [0.4, 0.5) is 5.82 Å². The number of nitrogens with two attached hydrogens (primary N) is 1. The molecule has 18 heavy (non-hydrogen) atoms. The van der Waals surface area contributed by atoms with E-state index < -0.39 is 10.0 Å². The Kier molecular flexibility index (Phi) is 3.81. The van der Waals surface area contributed by atoms with Crippen molar-refractivity contribution >= 4 is 15.8 Å². The fourth-order valence-corrected chi connectivity index (χ4v) is 3.31. The summed E-state index contributed by atoms with van der Waals surface area (Å²) in [4.78, 5) is 4.07. The lowest BCUT2D eigenvalue weighted by molar-refractivity contribution is 0.115. The average molecular weight is 272 g/mol. The number of anilines is 1. The molecule has 0 aromatic carbocycles. The molecule has 7 nitrogen and oxygen atoms in total. The summed E-state index contributed by atoms with van der Waals surface area (Å²) < 4.78 is 31.1. The number of nitrogen functional groups attached to an aromatic ring is 1. The van der Waals surface area contributed by atoms with Crippen LogP contribution in [0.25, 0.3) is 0 Å². The van der Waals surface area contributed by atoms with Gasteiger partial charge in [0.15, 0.2) is 0 Å². The molecule has 8 heteroatoms. The van der Waals surface area contributed by atoms with Crippen LogP contribution in [0.2, 0.25) is 0 Å². The lowest BCUT2D eigenvalue weighted by Crippen LogP contribution is -2.30. The molecule has 0 spiro atoms. The highest BCUT2D eigenvalue weighted by atomic mass is 32.2. The summed E-state index contributed by atoms with van der Waals surface area (Å²) in [5.74, 6) is 5.60. The number of ether oxygens (including phenoxy) is 1. The summed E-state index contributed by atoms with van der Waals surface area (Å²) >= 11 is 0. The van der Waals surface area contributed by atoms with E-state index in [1.807, 2.05) is 0 Å². The maximum atomic E-state index is 12.3. The molecule has 1 aliphatic heterocycles. The van der Waals surface area contributed by atoms with E-state index in [-0.39, 0.29) is 11.0 Å². The number of hydrogen-bond donors (Lipinski definition) is 2. The fraction of sp³-hybridized carbons (Fsp3) is 0.500. The Morgan fingerprint density at radius 1 is 1.56 bits per heavy atom. The maximum absolute atomic E-state index is 12.3. The van der Waals surface area contributed by atoms with E-state index in [9.17, 15) is 8.42 Å². The Bertz CT molecular complexity index is 502. The van der Waals surface area contributed by atoms with Gasteiger partial charge in [-0.25, -0.2) is 19.2 Å². The zero-order chi connectivity index (χ0) is 13.2. The van der Waals surface area contributed by atoms with Crippen molar-refractivity contribution in [1.29, 1.82) is 0 Å². The Morgan fingerprint density at radius 3 is 2.83 bits per heavy atom. The summed E-state index contributed by atoms with van der Waals surface area (Å²) in [6, 6.07) is 3.01. The van der Waals surface area contributed by atoms with Crippen molar-refractivity contribution in [3.63, 3.8) is 0 Å². The van der Waals surface area contributed by atoms with Gasteiger partial charge in [0.25, 0.3) is 0 Å². The van der Waals surface area contributed by atoms with E-state index in [1.165, 1.54) is 22.6 Å². The highest BCUT2D eigenvalue weighted by molar-refractivity contribution is 7.89. The Balaban J connectivity index is 2.20. The van der Waals surface area contributed by atoms with Crippen LogP contribution in [-0.4, -0.2) is 44.0 Å². The van der Waals surface area contributed by atoms with Crippen LogP contribution in [0.1, 0.15) is 6.42 Å². The molecule has 0 amide bonds. The number of sulfonamides is 1. The van der Waals surface area contributed by atoms with Crippen molar-refractivity contribution < 1.29 is 13.2 Å². The first-order valence-corrected chi connectivity index (χ1v) is 6.97. The monoisotopic (exact) mass is 272 g/mol. The fourth-order valence-electron chi connectivity index (χ4n) is 1.88. The minimum atomic E-state index is -3.48. The third-order valence-corrected chi connectivity index (χ3v) is 4.81. The molecule has 0 saturated carbocycles. The number of aromatic nitrogens is 1. The summed E-state index contributed by atoms with van der Waals surface area (Å²) in [6.45, 7) is 0.855. The van der Waals surface area contributed by atoms with Crippen molar-refractivity contribution in [2.75, 3.05) is 25.6 Å². The van der Waals surface area contributed by atoms with Gasteiger partial charge in [-0.3, -0.25) is 0 Å². The number of nitrogens with zero attached hydrogens (tertiary/aromatic N) is 2. The highest BCUT2D eigenvalue weighted by Crippen LogP contribution is 2.22. The van der Waals surface area contributed by atoms with Crippen molar-refractivity contribution in [2.45, 2.75) is 17.4 Å². The van der Waals surface area contributed by atoms with Gasteiger partial charge in [0.2, 0.25) is 10.0 Å². The Hall–Kier alpha value is -1.22. The molecule has 100 valence electrons. The van der Waals surface area contributed by atoms with Gasteiger partial charge in [0.1, 0.15) is 10.7 Å². The smallest absolute Gasteiger partial charge is 0.244 e. The number of rotatable bonds is 4. The molecule has 1 fully saturated rings.